The van der Waals surface area contributed by atoms with Gasteiger partial charge in [-0.3, -0.25) is 0 Å². The third-order valence-corrected chi connectivity index (χ3v) is 3.66. The molecular weight excluding hydrogens is 244 g/mol. The summed E-state index contributed by atoms with van der Waals surface area (Å²) >= 11 is 0. The van der Waals surface area contributed by atoms with Crippen LogP contribution >= 0.6 is 0 Å². The molecule has 2 nitrogen and oxygen atoms in total. The molecule has 0 aromatic heterocycles. The number of nitrogens with zero attached hydrogens (tertiary/aromatic N) is 1. The summed E-state index contributed by atoms with van der Waals surface area (Å²) < 4.78 is 0. The Hall–Kier alpha value is -1.80. The van der Waals surface area contributed by atoms with Gasteiger partial charge in [-0.1, -0.05) is 30.3 Å². The lowest BCUT2D eigenvalue weighted by Gasteiger charge is -2.24. The smallest absolute Gasteiger partial charge is 0.0438 e. The summed E-state index contributed by atoms with van der Waals surface area (Å²) in [5, 5.41) is 0. The second-order valence-electron chi connectivity index (χ2n) is 5.65. The zero-order valence-corrected chi connectivity index (χ0v) is 12.9. The first kappa shape index (κ1) is 14.6. The van der Waals surface area contributed by atoms with Gasteiger partial charge in [-0.05, 0) is 56.0 Å². The fourth-order valence-corrected chi connectivity index (χ4v) is 2.66. The number of nitrogens with two attached hydrogens (primary N) is 1. The Labute approximate surface area is 122 Å². The van der Waals surface area contributed by atoms with Crippen molar-refractivity contribution in [2.75, 3.05) is 11.9 Å². The van der Waals surface area contributed by atoms with Crippen molar-refractivity contribution in [1.82, 2.24) is 0 Å². The Kier molecular flexibility index (Phi) is 4.46. The maximum atomic E-state index is 5.87. The van der Waals surface area contributed by atoms with E-state index in [9.17, 15) is 0 Å². The maximum Gasteiger partial charge on any atom is 0.0438 e. The molecule has 20 heavy (non-hydrogen) atoms. The third-order valence-electron chi connectivity index (χ3n) is 3.66. The highest BCUT2D eigenvalue weighted by molar-refractivity contribution is 5.68. The van der Waals surface area contributed by atoms with E-state index in [4.69, 9.17) is 5.73 Å². The highest BCUT2D eigenvalue weighted by atomic mass is 15.1. The molecule has 0 spiro atoms. The molecule has 2 aromatic rings. The molecule has 0 aliphatic carbocycles. The summed E-state index contributed by atoms with van der Waals surface area (Å²) in [6.07, 6.45) is 0.926. The minimum Gasteiger partial charge on any atom is -0.344 e. The molecule has 106 valence electrons. The summed E-state index contributed by atoms with van der Waals surface area (Å²) in [5.74, 6) is 0. The topological polar surface area (TPSA) is 29.3 Å². The number of hydrogen-bond acceptors (Lipinski definition) is 2. The fraction of sp³-hybridized carbons (Fsp3) is 0.333. The number of hydrogen-bond donors (Lipinski definition) is 1. The first-order chi connectivity index (χ1) is 9.49. The van der Waals surface area contributed by atoms with Crippen LogP contribution < -0.4 is 10.6 Å². The molecule has 0 bridgehead atoms. The van der Waals surface area contributed by atoms with Crippen LogP contribution in [0, 0.1) is 13.8 Å². The zero-order chi connectivity index (χ0) is 14.7. The van der Waals surface area contributed by atoms with Gasteiger partial charge in [0, 0.05) is 24.5 Å². The van der Waals surface area contributed by atoms with E-state index in [1.54, 1.807) is 0 Å². The van der Waals surface area contributed by atoms with Crippen molar-refractivity contribution in [3.8, 4) is 0 Å². The minimum atomic E-state index is 0.203. The number of benzene rings is 2. The molecule has 0 heterocycles. The highest BCUT2D eigenvalue weighted by Crippen LogP contribution is 2.29. The van der Waals surface area contributed by atoms with Gasteiger partial charge in [0.1, 0.15) is 0 Å². The van der Waals surface area contributed by atoms with Crippen molar-refractivity contribution in [3.05, 3.63) is 59.2 Å². The molecule has 0 aliphatic rings. The van der Waals surface area contributed by atoms with Gasteiger partial charge in [0.15, 0.2) is 0 Å². The second-order valence-corrected chi connectivity index (χ2v) is 5.65. The molecule has 2 rings (SSSR count). The first-order valence-corrected chi connectivity index (χ1v) is 7.13. The quantitative estimate of drug-likeness (QED) is 0.909. The molecule has 2 aromatic carbocycles. The highest BCUT2D eigenvalue weighted by Gasteiger charge is 2.09. The summed E-state index contributed by atoms with van der Waals surface area (Å²) in [6.45, 7) is 6.35. The Bertz CT molecular complexity index is 588. The number of aryl methyl sites for hydroxylation is 2. The van der Waals surface area contributed by atoms with E-state index in [-0.39, 0.29) is 6.04 Å². The lowest BCUT2D eigenvalue weighted by molar-refractivity contribution is 0.737. The normalized spacial score (nSPS) is 12.2. The molecular formula is C18H24N2. The van der Waals surface area contributed by atoms with Crippen LogP contribution in [0.1, 0.15) is 23.6 Å². The van der Waals surface area contributed by atoms with E-state index < -0.39 is 0 Å². The molecule has 0 saturated heterocycles. The van der Waals surface area contributed by atoms with Gasteiger partial charge < -0.3 is 10.6 Å². The average molecular weight is 268 g/mol. The van der Waals surface area contributed by atoms with Crippen molar-refractivity contribution in [2.24, 2.45) is 5.73 Å². The standard InChI is InChI=1S/C18H24N2/c1-13-7-5-6-8-17(13)20(4)18-10-9-16(11-14(18)2)12-15(3)19/h5-11,15H,12,19H2,1-4H3. The summed E-state index contributed by atoms with van der Waals surface area (Å²) in [7, 11) is 2.12. The van der Waals surface area contributed by atoms with Crippen LogP contribution in [0.3, 0.4) is 0 Å². The molecule has 0 saturated carbocycles. The lowest BCUT2D eigenvalue weighted by atomic mass is 10.0. The average Bonchev–Trinajstić information content (AvgIpc) is 2.38. The van der Waals surface area contributed by atoms with E-state index in [0.717, 1.165) is 6.42 Å². The predicted molar refractivity (Wildman–Crippen MR) is 87.8 cm³/mol. The van der Waals surface area contributed by atoms with E-state index in [1.165, 1.54) is 28.1 Å². The van der Waals surface area contributed by atoms with Crippen molar-refractivity contribution in [1.29, 1.82) is 0 Å². The molecule has 0 amide bonds. The first-order valence-electron chi connectivity index (χ1n) is 7.13. The fourth-order valence-electron chi connectivity index (χ4n) is 2.66. The molecule has 2 N–H and O–H groups in total. The van der Waals surface area contributed by atoms with Gasteiger partial charge in [-0.25, -0.2) is 0 Å². The zero-order valence-electron chi connectivity index (χ0n) is 12.9. The van der Waals surface area contributed by atoms with Crippen molar-refractivity contribution in [3.63, 3.8) is 0 Å². The SMILES string of the molecule is Cc1ccccc1N(C)c1ccc(CC(C)N)cc1C. The van der Waals surface area contributed by atoms with E-state index in [1.807, 2.05) is 6.92 Å². The van der Waals surface area contributed by atoms with Crippen LogP contribution in [0.25, 0.3) is 0 Å². The largest absolute Gasteiger partial charge is 0.344 e. The lowest BCUT2D eigenvalue weighted by Crippen LogP contribution is -2.18. The van der Waals surface area contributed by atoms with Crippen LogP contribution in [-0.2, 0) is 6.42 Å². The maximum absolute atomic E-state index is 5.87. The Morgan fingerprint density at radius 1 is 1.00 bits per heavy atom. The number of para-hydroxylation sites is 1. The monoisotopic (exact) mass is 268 g/mol. The molecule has 1 unspecified atom stereocenters. The molecule has 0 radical (unpaired) electrons. The Morgan fingerprint density at radius 3 is 2.25 bits per heavy atom. The summed E-state index contributed by atoms with van der Waals surface area (Å²) in [5.41, 5.74) is 12.2. The van der Waals surface area contributed by atoms with Gasteiger partial charge in [0.2, 0.25) is 0 Å². The number of rotatable bonds is 4. The van der Waals surface area contributed by atoms with Crippen LogP contribution in [0.4, 0.5) is 11.4 Å². The minimum absolute atomic E-state index is 0.203. The van der Waals surface area contributed by atoms with E-state index in [2.05, 4.69) is 68.3 Å². The Morgan fingerprint density at radius 2 is 1.65 bits per heavy atom. The predicted octanol–water partition coefficient (Wildman–Crippen LogP) is 3.96. The van der Waals surface area contributed by atoms with E-state index >= 15 is 0 Å². The van der Waals surface area contributed by atoms with E-state index in [0.29, 0.717) is 0 Å². The van der Waals surface area contributed by atoms with Gasteiger partial charge in [-0.15, -0.1) is 0 Å². The number of anilines is 2. The van der Waals surface area contributed by atoms with Crippen molar-refractivity contribution < 1.29 is 0 Å². The summed E-state index contributed by atoms with van der Waals surface area (Å²) in [6, 6.07) is 15.3. The molecule has 0 fully saturated rings. The van der Waals surface area contributed by atoms with Crippen LogP contribution in [-0.4, -0.2) is 13.1 Å². The molecule has 2 heteroatoms. The van der Waals surface area contributed by atoms with Gasteiger partial charge in [-0.2, -0.15) is 0 Å². The summed E-state index contributed by atoms with van der Waals surface area (Å²) in [4.78, 5) is 2.25. The van der Waals surface area contributed by atoms with Gasteiger partial charge >= 0.3 is 0 Å². The molecule has 0 aliphatic heterocycles. The third kappa shape index (κ3) is 3.20. The molecule has 1 atom stereocenters. The van der Waals surface area contributed by atoms with Gasteiger partial charge in [0.25, 0.3) is 0 Å². The van der Waals surface area contributed by atoms with Crippen LogP contribution in [0.15, 0.2) is 42.5 Å². The van der Waals surface area contributed by atoms with Crippen LogP contribution in [0.5, 0.6) is 0 Å². The van der Waals surface area contributed by atoms with Crippen LogP contribution in [0.2, 0.25) is 0 Å². The van der Waals surface area contributed by atoms with Crippen molar-refractivity contribution >= 4 is 11.4 Å². The second kappa shape index (κ2) is 6.10. The Balaban J connectivity index is 2.31. The van der Waals surface area contributed by atoms with Crippen molar-refractivity contribution in [2.45, 2.75) is 33.2 Å². The van der Waals surface area contributed by atoms with Gasteiger partial charge in [0.05, 0.1) is 0 Å².